The zero-order valence-corrected chi connectivity index (χ0v) is 26.5. The van der Waals surface area contributed by atoms with Crippen LogP contribution < -0.4 is 5.73 Å². The molecule has 3 heterocycles. The largest absolute Gasteiger partial charge is 0.459 e. The summed E-state index contributed by atoms with van der Waals surface area (Å²) in [6.45, 7) is 5.36. The van der Waals surface area contributed by atoms with E-state index in [9.17, 15) is 14.4 Å². The summed E-state index contributed by atoms with van der Waals surface area (Å²) in [5.74, 6) is -1.95. The molecule has 12 nitrogen and oxygen atoms in total. The molecule has 2 aromatic heterocycles. The molecule has 0 spiro atoms. The lowest BCUT2D eigenvalue weighted by Gasteiger charge is -2.25. The topological polar surface area (TPSA) is 161 Å². The first-order valence-electron chi connectivity index (χ1n) is 14.7. The number of nitrogens with zero attached hydrogens (tertiary/aromatic N) is 3. The van der Waals surface area contributed by atoms with Gasteiger partial charge in [0.1, 0.15) is 23.9 Å². The minimum absolute atomic E-state index is 0.0290. The molecule has 6 rings (SSSR count). The number of carbonyl (C=O) groups is 3. The summed E-state index contributed by atoms with van der Waals surface area (Å²) in [7, 11) is 0. The smallest absolute Gasteiger partial charge is 0.338 e. The van der Waals surface area contributed by atoms with Crippen LogP contribution in [0.3, 0.4) is 0 Å². The lowest BCUT2D eigenvalue weighted by atomic mass is 10.1. The van der Waals surface area contributed by atoms with Gasteiger partial charge >= 0.3 is 17.9 Å². The van der Waals surface area contributed by atoms with E-state index in [1.165, 1.54) is 10.9 Å². The number of hydrogen-bond donors (Lipinski definition) is 2. The number of rotatable bonds is 8. The van der Waals surface area contributed by atoms with Crippen molar-refractivity contribution in [3.63, 3.8) is 0 Å². The monoisotopic (exact) mass is 653 g/mol. The van der Waals surface area contributed by atoms with Crippen molar-refractivity contribution in [1.29, 1.82) is 0 Å². The zero-order valence-electron chi connectivity index (χ0n) is 25.7. The van der Waals surface area contributed by atoms with Gasteiger partial charge in [0.15, 0.2) is 29.0 Å². The first kappa shape index (κ1) is 31.6. The second-order valence-corrected chi connectivity index (χ2v) is 11.7. The van der Waals surface area contributed by atoms with Crippen molar-refractivity contribution in [2.45, 2.75) is 45.3 Å². The number of imidazole rings is 1. The normalized spacial score (nSPS) is 19.0. The molecule has 47 heavy (non-hydrogen) atoms. The Morgan fingerprint density at radius 2 is 1.30 bits per heavy atom. The molecule has 1 fully saturated rings. The van der Waals surface area contributed by atoms with Crippen LogP contribution in [0.2, 0.25) is 0 Å². The molecule has 1 aliphatic heterocycles. The van der Waals surface area contributed by atoms with Gasteiger partial charge in [-0.15, -0.1) is 0 Å². The molecule has 240 valence electrons. The third kappa shape index (κ3) is 6.76. The fourth-order valence-electron chi connectivity index (χ4n) is 5.17. The molecule has 1 saturated heterocycles. The highest BCUT2D eigenvalue weighted by Gasteiger charge is 2.51. The molecule has 13 heteroatoms. The van der Waals surface area contributed by atoms with Crippen molar-refractivity contribution in [3.8, 4) is 0 Å². The van der Waals surface area contributed by atoms with Crippen LogP contribution in [0.25, 0.3) is 11.2 Å². The van der Waals surface area contributed by atoms with Crippen LogP contribution in [0.1, 0.15) is 54.0 Å². The van der Waals surface area contributed by atoms with E-state index >= 15 is 0 Å². The molecular weight excluding hydrogens is 622 g/mol. The van der Waals surface area contributed by atoms with Crippen LogP contribution in [-0.2, 0) is 18.9 Å². The number of aromatic nitrogens is 4. The SMILES string of the molecule is Cc1ccc(C(=O)OC[C@@H]2O[C@@H](n3cnc4c(=S)nc(N)[nH]c43)[C@@H](OC(=O)c3ccc(C)cc3)[C@H]2OC(=O)c2ccc(C)cc2)cc1. The Balaban J connectivity index is 1.39. The molecule has 0 aliphatic carbocycles. The first-order valence-corrected chi connectivity index (χ1v) is 15.1. The molecule has 0 unspecified atom stereocenters. The zero-order chi connectivity index (χ0) is 33.2. The van der Waals surface area contributed by atoms with Gasteiger partial charge in [-0.25, -0.2) is 24.4 Å². The Bertz CT molecular complexity index is 2010. The van der Waals surface area contributed by atoms with Crippen LogP contribution in [0.15, 0.2) is 79.1 Å². The van der Waals surface area contributed by atoms with Crippen molar-refractivity contribution < 1.29 is 33.3 Å². The molecule has 5 aromatic rings. The van der Waals surface area contributed by atoms with Crippen molar-refractivity contribution in [2.24, 2.45) is 0 Å². The third-order valence-corrected chi connectivity index (χ3v) is 8.04. The van der Waals surface area contributed by atoms with Crippen LogP contribution in [0, 0.1) is 25.4 Å². The van der Waals surface area contributed by atoms with Gasteiger partial charge in [0.2, 0.25) is 0 Å². The number of esters is 3. The van der Waals surface area contributed by atoms with E-state index in [1.54, 1.807) is 72.8 Å². The van der Waals surface area contributed by atoms with Crippen molar-refractivity contribution in [3.05, 3.63) is 117 Å². The molecular formula is C34H31N5O7S. The van der Waals surface area contributed by atoms with Gasteiger partial charge in [0.25, 0.3) is 0 Å². The third-order valence-electron chi connectivity index (χ3n) is 7.75. The minimum Gasteiger partial charge on any atom is -0.459 e. The Hall–Kier alpha value is -5.40. The van der Waals surface area contributed by atoms with Crippen molar-refractivity contribution >= 4 is 47.2 Å². The quantitative estimate of drug-likeness (QED) is 0.129. The van der Waals surface area contributed by atoms with Crippen LogP contribution in [-0.4, -0.2) is 62.3 Å². The van der Waals surface area contributed by atoms with E-state index in [2.05, 4.69) is 15.0 Å². The van der Waals surface area contributed by atoms with Gasteiger partial charge in [0.05, 0.1) is 23.0 Å². The summed E-state index contributed by atoms with van der Waals surface area (Å²) in [4.78, 5) is 51.4. The summed E-state index contributed by atoms with van der Waals surface area (Å²) in [5.41, 5.74) is 10.4. The summed E-state index contributed by atoms with van der Waals surface area (Å²) in [6, 6.07) is 20.5. The Kier molecular flexibility index (Phi) is 8.83. The fraction of sp³-hybridized carbons (Fsp3) is 0.235. The summed E-state index contributed by atoms with van der Waals surface area (Å²) in [6.07, 6.45) is -3.24. The number of benzene rings is 3. The average Bonchev–Trinajstić information content (AvgIpc) is 3.61. The number of carbonyl (C=O) groups excluding carboxylic acids is 3. The number of nitrogen functional groups attached to an aromatic ring is 1. The molecule has 0 radical (unpaired) electrons. The standard InChI is InChI=1S/C34H31N5O7S/c1-18-4-10-21(11-5-18)31(40)43-16-24-26(45-32(41)22-12-6-19(2)7-13-22)27(46-33(42)23-14-8-20(3)9-15-23)30(44-24)39-17-36-25-28(39)37-34(35)38-29(25)47/h4-15,17,24,26-27,30H,16H2,1-3H3,(H3,35,37,38,47)/t24-,26-,27-,30+/m0/s1. The van der Waals surface area contributed by atoms with Gasteiger partial charge in [-0.05, 0) is 57.2 Å². The second-order valence-electron chi connectivity index (χ2n) is 11.3. The molecule has 3 aromatic carbocycles. The van der Waals surface area contributed by atoms with Crippen LogP contribution >= 0.6 is 12.2 Å². The predicted octanol–water partition coefficient (Wildman–Crippen LogP) is 5.20. The van der Waals surface area contributed by atoms with Gasteiger partial charge in [0, 0.05) is 0 Å². The van der Waals surface area contributed by atoms with Crippen molar-refractivity contribution in [2.75, 3.05) is 12.3 Å². The van der Waals surface area contributed by atoms with E-state index in [4.69, 9.17) is 36.9 Å². The average molecular weight is 654 g/mol. The summed E-state index contributed by atoms with van der Waals surface area (Å²) in [5, 5.41) is 0. The Labute approximate surface area is 274 Å². The fourth-order valence-corrected chi connectivity index (χ4v) is 5.42. The van der Waals surface area contributed by atoms with Crippen LogP contribution in [0.5, 0.6) is 0 Å². The highest BCUT2D eigenvalue weighted by atomic mass is 32.1. The predicted molar refractivity (Wildman–Crippen MR) is 173 cm³/mol. The lowest BCUT2D eigenvalue weighted by molar-refractivity contribution is -0.0606. The molecule has 0 bridgehead atoms. The number of hydrogen-bond acceptors (Lipinski definition) is 11. The second kappa shape index (κ2) is 13.1. The molecule has 0 amide bonds. The summed E-state index contributed by atoms with van der Waals surface area (Å²) < 4.78 is 25.8. The van der Waals surface area contributed by atoms with Gasteiger partial charge in [-0.3, -0.25) is 4.57 Å². The highest BCUT2D eigenvalue weighted by Crippen LogP contribution is 2.37. The van der Waals surface area contributed by atoms with Gasteiger partial charge in [-0.2, -0.15) is 0 Å². The number of anilines is 1. The maximum Gasteiger partial charge on any atom is 0.338 e. The van der Waals surface area contributed by atoms with E-state index < -0.39 is 42.4 Å². The maximum absolute atomic E-state index is 13.5. The first-order chi connectivity index (χ1) is 22.6. The van der Waals surface area contributed by atoms with Gasteiger partial charge in [-0.1, -0.05) is 65.3 Å². The highest BCUT2D eigenvalue weighted by molar-refractivity contribution is 7.71. The number of aryl methyl sites for hydroxylation is 3. The lowest BCUT2D eigenvalue weighted by Crippen LogP contribution is -2.41. The molecule has 1 aliphatic rings. The minimum atomic E-state index is -1.24. The number of fused-ring (bicyclic) bond motifs is 1. The molecule has 0 saturated carbocycles. The number of nitrogens with two attached hydrogens (primary N) is 1. The Morgan fingerprint density at radius 3 is 1.83 bits per heavy atom. The summed E-state index contributed by atoms with van der Waals surface area (Å²) >= 11 is 5.35. The van der Waals surface area contributed by atoms with E-state index in [0.29, 0.717) is 16.7 Å². The van der Waals surface area contributed by atoms with E-state index in [1.807, 2.05) is 20.8 Å². The molecule has 4 atom stereocenters. The number of H-pyrrole nitrogens is 1. The van der Waals surface area contributed by atoms with Crippen molar-refractivity contribution in [1.82, 2.24) is 19.5 Å². The number of aromatic amines is 1. The van der Waals surface area contributed by atoms with Gasteiger partial charge < -0.3 is 29.7 Å². The molecule has 3 N–H and O–H groups in total. The maximum atomic E-state index is 13.5. The van der Waals surface area contributed by atoms with Crippen LogP contribution in [0.4, 0.5) is 5.95 Å². The number of ether oxygens (including phenoxy) is 4. The Morgan fingerprint density at radius 1 is 0.809 bits per heavy atom. The number of nitrogens with one attached hydrogen (secondary N) is 1. The van der Waals surface area contributed by atoms with E-state index in [0.717, 1.165) is 16.7 Å². The van der Waals surface area contributed by atoms with E-state index in [-0.39, 0.29) is 28.3 Å².